The van der Waals surface area contributed by atoms with E-state index in [4.69, 9.17) is 18.6 Å². The first-order chi connectivity index (χ1) is 15.3. The van der Waals surface area contributed by atoms with E-state index in [0.29, 0.717) is 11.8 Å². The molecular weight excluding hydrogens is 408 g/mol. The van der Waals surface area contributed by atoms with Crippen LogP contribution in [0.4, 0.5) is 0 Å². The minimum atomic E-state index is -0.160. The molecule has 0 radical (unpaired) electrons. The fourth-order valence-corrected chi connectivity index (χ4v) is 4.41. The van der Waals surface area contributed by atoms with Crippen LogP contribution in [-0.4, -0.2) is 11.4 Å². The van der Waals surface area contributed by atoms with Crippen LogP contribution in [0.2, 0.25) is 0 Å². The molecule has 5 rings (SSSR count). The Hall–Kier alpha value is -3.51. The summed E-state index contributed by atoms with van der Waals surface area (Å²) in [5, 5.41) is 0.703. The second-order valence-electron chi connectivity index (χ2n) is 7.03. The Labute approximate surface area is 184 Å². The van der Waals surface area contributed by atoms with Crippen LogP contribution in [-0.2, 0) is 6.61 Å². The van der Waals surface area contributed by atoms with Crippen molar-refractivity contribution in [3.05, 3.63) is 114 Å². The molecule has 1 aliphatic heterocycles. The van der Waals surface area contributed by atoms with Crippen molar-refractivity contribution in [2.45, 2.75) is 17.9 Å². The van der Waals surface area contributed by atoms with E-state index in [-0.39, 0.29) is 11.3 Å². The van der Waals surface area contributed by atoms with Gasteiger partial charge < -0.3 is 13.6 Å². The van der Waals surface area contributed by atoms with Gasteiger partial charge in [-0.05, 0) is 59.7 Å². The molecule has 0 saturated carbocycles. The van der Waals surface area contributed by atoms with Crippen LogP contribution in [0, 0.1) is 0 Å². The summed E-state index contributed by atoms with van der Waals surface area (Å²) in [4.78, 5) is 9.37. The molecule has 0 N–H and O–H groups in total. The zero-order valence-corrected chi connectivity index (χ0v) is 17.4. The van der Waals surface area contributed by atoms with Crippen LogP contribution in [0.5, 0.6) is 5.75 Å². The maximum Gasteiger partial charge on any atom is 0.184 e. The van der Waals surface area contributed by atoms with Gasteiger partial charge in [0.15, 0.2) is 5.17 Å². The first-order valence-electron chi connectivity index (χ1n) is 9.97. The minimum absolute atomic E-state index is 0.00191. The number of benzene rings is 2. The molecule has 0 unspecified atom stereocenters. The Balaban J connectivity index is 1.26. The van der Waals surface area contributed by atoms with Crippen LogP contribution >= 0.6 is 11.8 Å². The standard InChI is InChI=1S/C25H20N2O3S/c1-2-6-19(7-3-1)17-30-20-12-10-18(11-13-20)16-26-25-27-23(21-8-4-14-28-21)24(31-25)22-9-5-15-29-22/h1-16,23-24H,17H2/t23-,24+/m0/s1. The molecular formula is C25H20N2O3S. The van der Waals surface area contributed by atoms with Gasteiger partial charge >= 0.3 is 0 Å². The number of thioether (sulfide) groups is 1. The number of nitrogens with zero attached hydrogens (tertiary/aromatic N) is 2. The van der Waals surface area contributed by atoms with E-state index < -0.39 is 0 Å². The predicted octanol–water partition coefficient (Wildman–Crippen LogP) is 6.46. The van der Waals surface area contributed by atoms with E-state index >= 15 is 0 Å². The zero-order valence-electron chi connectivity index (χ0n) is 16.6. The number of ether oxygens (including phenoxy) is 1. The summed E-state index contributed by atoms with van der Waals surface area (Å²) < 4.78 is 17.1. The van der Waals surface area contributed by atoms with Crippen LogP contribution in [0.1, 0.15) is 33.9 Å². The van der Waals surface area contributed by atoms with E-state index in [1.807, 2.05) is 85.1 Å². The average molecular weight is 429 g/mol. The smallest absolute Gasteiger partial charge is 0.184 e. The molecule has 0 fully saturated rings. The van der Waals surface area contributed by atoms with E-state index in [1.54, 1.807) is 24.3 Å². The highest BCUT2D eigenvalue weighted by Crippen LogP contribution is 2.48. The summed E-state index contributed by atoms with van der Waals surface area (Å²) in [5.74, 6) is 2.49. The Morgan fingerprint density at radius 3 is 2.32 bits per heavy atom. The molecule has 0 aliphatic carbocycles. The molecule has 2 aromatic heterocycles. The fraction of sp³-hybridized carbons (Fsp3) is 0.120. The van der Waals surface area contributed by atoms with Gasteiger partial charge in [0, 0.05) is 6.21 Å². The number of rotatable bonds is 6. The van der Waals surface area contributed by atoms with Crippen LogP contribution in [0.25, 0.3) is 0 Å². The highest BCUT2D eigenvalue weighted by atomic mass is 32.2. The first kappa shape index (κ1) is 19.5. The third-order valence-corrected chi connectivity index (χ3v) is 6.05. The van der Waals surface area contributed by atoms with E-state index in [2.05, 4.69) is 4.99 Å². The predicted molar refractivity (Wildman–Crippen MR) is 123 cm³/mol. The molecule has 6 heteroatoms. The fourth-order valence-electron chi connectivity index (χ4n) is 3.32. The molecule has 0 amide bonds. The van der Waals surface area contributed by atoms with Crippen LogP contribution in [0.3, 0.4) is 0 Å². The molecule has 2 aromatic carbocycles. The molecule has 31 heavy (non-hydrogen) atoms. The van der Waals surface area contributed by atoms with Crippen molar-refractivity contribution in [3.8, 4) is 5.75 Å². The van der Waals surface area contributed by atoms with Crippen molar-refractivity contribution in [1.29, 1.82) is 0 Å². The number of furan rings is 2. The molecule has 1 aliphatic rings. The van der Waals surface area contributed by atoms with Crippen molar-refractivity contribution in [2.75, 3.05) is 0 Å². The van der Waals surface area contributed by atoms with Crippen LogP contribution in [0.15, 0.2) is 110 Å². The lowest BCUT2D eigenvalue weighted by Gasteiger charge is -2.11. The van der Waals surface area contributed by atoms with Gasteiger partial charge in [-0.25, -0.2) is 9.98 Å². The second-order valence-corrected chi connectivity index (χ2v) is 8.14. The summed E-state index contributed by atoms with van der Waals surface area (Å²) in [5.41, 5.74) is 2.12. The molecule has 154 valence electrons. The SMILES string of the molecule is C(=NC1=N[C@@H](c2ccco2)[C@@H](c2ccco2)S1)c1ccc(OCc2ccccc2)cc1. The summed E-state index contributed by atoms with van der Waals surface area (Å²) in [6.45, 7) is 0.546. The van der Waals surface area contributed by atoms with Gasteiger partial charge in [0.25, 0.3) is 0 Å². The van der Waals surface area contributed by atoms with Crippen molar-refractivity contribution in [1.82, 2.24) is 0 Å². The molecule has 5 nitrogen and oxygen atoms in total. The van der Waals surface area contributed by atoms with E-state index in [9.17, 15) is 0 Å². The van der Waals surface area contributed by atoms with Crippen molar-refractivity contribution in [2.24, 2.45) is 9.98 Å². The van der Waals surface area contributed by atoms with Gasteiger partial charge in [0.1, 0.15) is 35.2 Å². The largest absolute Gasteiger partial charge is 0.489 e. The molecule has 0 bridgehead atoms. The lowest BCUT2D eigenvalue weighted by atomic mass is 10.1. The second kappa shape index (κ2) is 9.10. The lowest BCUT2D eigenvalue weighted by molar-refractivity contribution is 0.306. The molecule has 0 spiro atoms. The first-order valence-corrected chi connectivity index (χ1v) is 10.9. The number of hydrogen-bond donors (Lipinski definition) is 0. The van der Waals surface area contributed by atoms with E-state index in [0.717, 1.165) is 28.4 Å². The molecule has 3 heterocycles. The number of hydrogen-bond acceptors (Lipinski definition) is 6. The maximum atomic E-state index is 5.84. The Morgan fingerprint density at radius 1 is 0.871 bits per heavy atom. The summed E-state index contributed by atoms with van der Waals surface area (Å²) >= 11 is 1.58. The molecule has 0 saturated heterocycles. The Morgan fingerprint density at radius 2 is 1.61 bits per heavy atom. The normalized spacial score (nSPS) is 18.4. The van der Waals surface area contributed by atoms with Crippen molar-refractivity contribution in [3.63, 3.8) is 0 Å². The maximum absolute atomic E-state index is 5.84. The monoisotopic (exact) mass is 428 g/mol. The number of amidine groups is 1. The summed E-state index contributed by atoms with van der Waals surface area (Å²) in [6, 6.07) is 25.5. The van der Waals surface area contributed by atoms with Gasteiger partial charge in [-0.15, -0.1) is 0 Å². The van der Waals surface area contributed by atoms with Gasteiger partial charge in [-0.3, -0.25) is 0 Å². The van der Waals surface area contributed by atoms with Crippen molar-refractivity contribution < 1.29 is 13.6 Å². The van der Waals surface area contributed by atoms with Gasteiger partial charge in [0.05, 0.1) is 12.5 Å². The topological polar surface area (TPSA) is 60.2 Å². The summed E-state index contributed by atoms with van der Waals surface area (Å²) in [7, 11) is 0. The Bertz CT molecular complexity index is 1150. The number of aliphatic imine (C=N–C) groups is 2. The van der Waals surface area contributed by atoms with Gasteiger partial charge in [-0.1, -0.05) is 42.1 Å². The Kier molecular flexibility index (Phi) is 5.71. The third-order valence-electron chi connectivity index (χ3n) is 4.88. The average Bonchev–Trinajstić information content (AvgIpc) is 3.59. The quantitative estimate of drug-likeness (QED) is 0.331. The minimum Gasteiger partial charge on any atom is -0.489 e. The lowest BCUT2D eigenvalue weighted by Crippen LogP contribution is -1.99. The highest BCUT2D eigenvalue weighted by molar-refractivity contribution is 8.14. The van der Waals surface area contributed by atoms with E-state index in [1.165, 1.54) is 0 Å². The molecule has 4 aromatic rings. The zero-order chi connectivity index (χ0) is 20.9. The molecule has 2 atom stereocenters. The van der Waals surface area contributed by atoms with Gasteiger partial charge in [0.2, 0.25) is 0 Å². The van der Waals surface area contributed by atoms with Crippen molar-refractivity contribution >= 4 is 23.1 Å². The third kappa shape index (κ3) is 4.64. The summed E-state index contributed by atoms with van der Waals surface area (Å²) in [6.07, 6.45) is 5.16. The van der Waals surface area contributed by atoms with Gasteiger partial charge in [-0.2, -0.15) is 0 Å². The van der Waals surface area contributed by atoms with Crippen LogP contribution < -0.4 is 4.74 Å². The highest BCUT2D eigenvalue weighted by Gasteiger charge is 2.36.